The van der Waals surface area contributed by atoms with Gasteiger partial charge in [0.2, 0.25) is 5.91 Å². The van der Waals surface area contributed by atoms with Gasteiger partial charge in [-0.15, -0.1) is 0 Å². The lowest BCUT2D eigenvalue weighted by atomic mass is 9.92. The first-order valence-corrected chi connectivity index (χ1v) is 8.17. The van der Waals surface area contributed by atoms with Gasteiger partial charge in [0.15, 0.2) is 0 Å². The maximum Gasteiger partial charge on any atom is 0.220 e. The minimum atomic E-state index is -0.541. The quantitative estimate of drug-likeness (QED) is 0.713. The number of nitrogens with one attached hydrogen (secondary N) is 2. The van der Waals surface area contributed by atoms with Crippen LogP contribution in [0.1, 0.15) is 52.9 Å². The zero-order chi connectivity index (χ0) is 15.5. The number of hydrogen-bond acceptors (Lipinski definition) is 4. The van der Waals surface area contributed by atoms with Crippen LogP contribution >= 0.6 is 0 Å². The Hall–Kier alpha value is -0.650. The Kier molecular flexibility index (Phi) is 5.63. The van der Waals surface area contributed by atoms with Gasteiger partial charge in [-0.1, -0.05) is 33.6 Å². The lowest BCUT2D eigenvalue weighted by Crippen LogP contribution is -2.47. The summed E-state index contributed by atoms with van der Waals surface area (Å²) < 4.78 is 5.64. The summed E-state index contributed by atoms with van der Waals surface area (Å²) >= 11 is 0. The number of aliphatic hydroxyl groups is 1. The first-order valence-electron chi connectivity index (χ1n) is 8.17. The zero-order valence-corrected chi connectivity index (χ0v) is 13.5. The highest BCUT2D eigenvalue weighted by atomic mass is 16.5. The molecule has 1 heterocycles. The summed E-state index contributed by atoms with van der Waals surface area (Å²) in [6, 6.07) is 0.514. The van der Waals surface area contributed by atoms with Gasteiger partial charge in [0, 0.05) is 19.0 Å². The summed E-state index contributed by atoms with van der Waals surface area (Å²) in [5.41, 5.74) is -0.0220. The molecule has 0 bridgehead atoms. The van der Waals surface area contributed by atoms with Crippen molar-refractivity contribution >= 4 is 5.91 Å². The maximum absolute atomic E-state index is 11.8. The highest BCUT2D eigenvalue weighted by Gasteiger charge is 2.37. The molecule has 1 aliphatic heterocycles. The molecule has 0 radical (unpaired) electrons. The van der Waals surface area contributed by atoms with Crippen molar-refractivity contribution in [2.75, 3.05) is 13.2 Å². The van der Waals surface area contributed by atoms with E-state index in [2.05, 4.69) is 10.6 Å². The molecule has 1 aliphatic carbocycles. The van der Waals surface area contributed by atoms with E-state index in [0.29, 0.717) is 25.6 Å². The van der Waals surface area contributed by atoms with Gasteiger partial charge in [-0.3, -0.25) is 4.79 Å². The smallest absolute Gasteiger partial charge is 0.220 e. The van der Waals surface area contributed by atoms with Crippen LogP contribution in [0.25, 0.3) is 0 Å². The summed E-state index contributed by atoms with van der Waals surface area (Å²) in [6.07, 6.45) is 4.57. The fourth-order valence-electron chi connectivity index (χ4n) is 3.16. The highest BCUT2D eigenvalue weighted by molar-refractivity contribution is 5.76. The third-order valence-corrected chi connectivity index (χ3v) is 4.28. The largest absolute Gasteiger partial charge is 0.389 e. The van der Waals surface area contributed by atoms with E-state index in [1.165, 1.54) is 25.7 Å². The van der Waals surface area contributed by atoms with Crippen LogP contribution in [0.15, 0.2) is 0 Å². The first kappa shape index (κ1) is 16.7. The molecule has 5 nitrogen and oxygen atoms in total. The van der Waals surface area contributed by atoms with Crippen LogP contribution in [0.2, 0.25) is 0 Å². The molecule has 0 aromatic heterocycles. The molecule has 0 aromatic rings. The predicted octanol–water partition coefficient (Wildman–Crippen LogP) is 1.20. The summed E-state index contributed by atoms with van der Waals surface area (Å²) in [4.78, 5) is 11.8. The Balaban J connectivity index is 1.71. The normalized spacial score (nSPS) is 30.8. The predicted molar refractivity (Wildman–Crippen MR) is 82.0 cm³/mol. The van der Waals surface area contributed by atoms with Crippen LogP contribution < -0.4 is 10.6 Å². The van der Waals surface area contributed by atoms with Gasteiger partial charge in [-0.05, 0) is 18.3 Å². The number of amides is 1. The molecule has 3 N–H and O–H groups in total. The van der Waals surface area contributed by atoms with Gasteiger partial charge in [-0.25, -0.2) is 0 Å². The Morgan fingerprint density at radius 3 is 2.57 bits per heavy atom. The van der Waals surface area contributed by atoms with Crippen molar-refractivity contribution in [2.24, 2.45) is 5.41 Å². The number of rotatable bonds is 5. The summed E-state index contributed by atoms with van der Waals surface area (Å²) in [5.74, 6) is 0.0190. The lowest BCUT2D eigenvalue weighted by molar-refractivity contribution is -0.123. The molecule has 5 heteroatoms. The van der Waals surface area contributed by atoms with Crippen molar-refractivity contribution < 1.29 is 14.6 Å². The highest BCUT2D eigenvalue weighted by Crippen LogP contribution is 2.22. The van der Waals surface area contributed by atoms with E-state index in [-0.39, 0.29) is 23.5 Å². The Labute approximate surface area is 127 Å². The van der Waals surface area contributed by atoms with Gasteiger partial charge in [0.25, 0.3) is 0 Å². The molecular weight excluding hydrogens is 268 g/mol. The van der Waals surface area contributed by atoms with Crippen LogP contribution in [0.4, 0.5) is 0 Å². The molecule has 1 saturated carbocycles. The minimum absolute atomic E-state index is 0.00221. The van der Waals surface area contributed by atoms with E-state index in [9.17, 15) is 9.90 Å². The molecule has 1 saturated heterocycles. The van der Waals surface area contributed by atoms with Crippen molar-refractivity contribution in [3.05, 3.63) is 0 Å². The maximum atomic E-state index is 11.8. The number of aliphatic hydroxyl groups excluding tert-OH is 1. The fraction of sp³-hybridized carbons (Fsp3) is 0.938. The summed E-state index contributed by atoms with van der Waals surface area (Å²) in [6.45, 7) is 7.02. The van der Waals surface area contributed by atoms with E-state index >= 15 is 0 Å². The van der Waals surface area contributed by atoms with Gasteiger partial charge in [0.05, 0.1) is 18.8 Å². The second-order valence-corrected chi connectivity index (χ2v) is 7.66. The average Bonchev–Trinajstić information content (AvgIpc) is 2.98. The Bertz CT molecular complexity index is 348. The molecule has 1 amide bonds. The molecule has 122 valence electrons. The van der Waals surface area contributed by atoms with Gasteiger partial charge < -0.3 is 20.5 Å². The molecular formula is C16H30N2O3. The lowest BCUT2D eigenvalue weighted by Gasteiger charge is -2.22. The van der Waals surface area contributed by atoms with Crippen molar-refractivity contribution in [1.82, 2.24) is 10.6 Å². The van der Waals surface area contributed by atoms with E-state index < -0.39 is 6.10 Å². The molecule has 2 rings (SSSR count). The molecule has 3 atom stereocenters. The molecule has 0 aromatic carbocycles. The second kappa shape index (κ2) is 7.07. The van der Waals surface area contributed by atoms with Gasteiger partial charge in [-0.2, -0.15) is 0 Å². The molecule has 2 aliphatic rings. The zero-order valence-electron chi connectivity index (χ0n) is 13.5. The SMILES string of the molecule is CC(C)(C)CC(=O)NC[C@H]1OC[C@@H](NC2CCCC2)[C@@H]1O. The van der Waals surface area contributed by atoms with E-state index in [1.807, 2.05) is 20.8 Å². The standard InChI is InChI=1S/C16H30N2O3/c1-16(2,3)8-14(19)17-9-13-15(20)12(10-21-13)18-11-6-4-5-7-11/h11-13,15,18,20H,4-10H2,1-3H3,(H,17,19)/t12-,13-,15+/m1/s1. The van der Waals surface area contributed by atoms with Gasteiger partial charge >= 0.3 is 0 Å². The van der Waals surface area contributed by atoms with Crippen LogP contribution in [-0.4, -0.2) is 48.5 Å². The number of carbonyl (C=O) groups is 1. The molecule has 0 spiro atoms. The van der Waals surface area contributed by atoms with E-state index in [0.717, 1.165) is 0 Å². The third-order valence-electron chi connectivity index (χ3n) is 4.28. The van der Waals surface area contributed by atoms with Crippen LogP contribution in [0, 0.1) is 5.41 Å². The van der Waals surface area contributed by atoms with Crippen molar-refractivity contribution in [1.29, 1.82) is 0 Å². The average molecular weight is 298 g/mol. The topological polar surface area (TPSA) is 70.6 Å². The van der Waals surface area contributed by atoms with Crippen molar-refractivity contribution in [3.63, 3.8) is 0 Å². The second-order valence-electron chi connectivity index (χ2n) is 7.66. The molecule has 0 unspecified atom stereocenters. The van der Waals surface area contributed by atoms with Crippen molar-refractivity contribution in [3.8, 4) is 0 Å². The number of carbonyl (C=O) groups excluding carboxylic acids is 1. The fourth-order valence-corrected chi connectivity index (χ4v) is 3.16. The molecule has 21 heavy (non-hydrogen) atoms. The summed E-state index contributed by atoms with van der Waals surface area (Å²) in [5, 5.41) is 16.7. The van der Waals surface area contributed by atoms with Crippen LogP contribution in [0.3, 0.4) is 0 Å². The van der Waals surface area contributed by atoms with Crippen LogP contribution in [0.5, 0.6) is 0 Å². The Morgan fingerprint density at radius 1 is 1.29 bits per heavy atom. The third kappa shape index (κ3) is 5.24. The summed E-state index contributed by atoms with van der Waals surface area (Å²) in [7, 11) is 0. The number of hydrogen-bond donors (Lipinski definition) is 3. The minimum Gasteiger partial charge on any atom is -0.389 e. The van der Waals surface area contributed by atoms with E-state index in [1.54, 1.807) is 0 Å². The van der Waals surface area contributed by atoms with E-state index in [4.69, 9.17) is 4.74 Å². The molecule has 2 fully saturated rings. The van der Waals surface area contributed by atoms with Crippen molar-refractivity contribution in [2.45, 2.75) is 77.2 Å². The Morgan fingerprint density at radius 2 is 1.95 bits per heavy atom. The van der Waals surface area contributed by atoms with Crippen LogP contribution in [-0.2, 0) is 9.53 Å². The first-order chi connectivity index (χ1) is 9.85. The van der Waals surface area contributed by atoms with Gasteiger partial charge in [0.1, 0.15) is 6.10 Å². The monoisotopic (exact) mass is 298 g/mol. The number of ether oxygens (including phenoxy) is 1.